The maximum Gasteiger partial charge on any atom is 0.269 e. The molecule has 0 aliphatic rings. The average molecular weight is 264 g/mol. The first-order chi connectivity index (χ1) is 8.42. The molecule has 0 saturated carbocycles. The number of carbonyl (C=O) groups is 1. The number of ether oxygens (including phenoxy) is 1. The van der Waals surface area contributed by atoms with Gasteiger partial charge in [0.05, 0.1) is 12.7 Å². The van der Waals surface area contributed by atoms with E-state index in [0.717, 1.165) is 0 Å². The van der Waals surface area contributed by atoms with Crippen molar-refractivity contribution < 1.29 is 14.0 Å². The molecule has 1 aromatic carbocycles. The van der Waals surface area contributed by atoms with Crippen molar-refractivity contribution in [3.8, 4) is 0 Å². The first kappa shape index (κ1) is 14.5. The first-order valence-corrected chi connectivity index (χ1v) is 9.46. The van der Waals surface area contributed by atoms with Crippen LogP contribution in [0.15, 0.2) is 42.4 Å². The third-order valence-corrected chi connectivity index (χ3v) is 2.81. The maximum atomic E-state index is 12.0. The highest BCUT2D eigenvalue weighted by Gasteiger charge is 2.19. The zero-order valence-corrected chi connectivity index (χ0v) is 12.4. The Bertz CT molecular complexity index is 418. The number of hydrogen-bond acceptors (Lipinski definition) is 3. The van der Waals surface area contributed by atoms with Crippen LogP contribution in [0.5, 0.6) is 0 Å². The Labute approximate surface area is 110 Å². The van der Waals surface area contributed by atoms with Crippen molar-refractivity contribution in [3.05, 3.63) is 47.9 Å². The third kappa shape index (κ3) is 5.18. The van der Waals surface area contributed by atoms with Gasteiger partial charge in [-0.15, -0.1) is 0 Å². The highest BCUT2D eigenvalue weighted by Crippen LogP contribution is 2.13. The third-order valence-electron chi connectivity index (χ3n) is 2.00. The summed E-state index contributed by atoms with van der Waals surface area (Å²) in [5, 5.41) is 0. The lowest BCUT2D eigenvalue weighted by molar-refractivity contribution is 0.0962. The molecule has 0 atom stereocenters. The van der Waals surface area contributed by atoms with E-state index in [0.29, 0.717) is 18.1 Å². The van der Waals surface area contributed by atoms with Crippen LogP contribution in [-0.2, 0) is 9.16 Å². The van der Waals surface area contributed by atoms with Crippen molar-refractivity contribution in [1.82, 2.24) is 0 Å². The molecule has 0 unspecified atom stereocenters. The molecule has 18 heavy (non-hydrogen) atoms. The van der Waals surface area contributed by atoms with Gasteiger partial charge in [0.1, 0.15) is 0 Å². The van der Waals surface area contributed by atoms with E-state index in [4.69, 9.17) is 9.16 Å². The van der Waals surface area contributed by atoms with Crippen LogP contribution >= 0.6 is 0 Å². The van der Waals surface area contributed by atoms with Gasteiger partial charge in [-0.2, -0.15) is 0 Å². The number of carbonyl (C=O) groups excluding carboxylic acids is 1. The summed E-state index contributed by atoms with van der Waals surface area (Å²) in [5.74, 6) is 0.225. The highest BCUT2D eigenvalue weighted by atomic mass is 28.4. The molecule has 0 aromatic heterocycles. The van der Waals surface area contributed by atoms with E-state index in [-0.39, 0.29) is 5.78 Å². The van der Waals surface area contributed by atoms with Crippen molar-refractivity contribution in [2.45, 2.75) is 26.6 Å². The van der Waals surface area contributed by atoms with Crippen molar-refractivity contribution in [1.29, 1.82) is 0 Å². The zero-order chi connectivity index (χ0) is 13.6. The van der Waals surface area contributed by atoms with E-state index in [1.807, 2.05) is 44.8 Å². The molecule has 98 valence electrons. The smallest absolute Gasteiger partial charge is 0.269 e. The monoisotopic (exact) mass is 264 g/mol. The summed E-state index contributed by atoms with van der Waals surface area (Å²) in [6, 6.07) is 9.10. The minimum atomic E-state index is -1.77. The summed E-state index contributed by atoms with van der Waals surface area (Å²) in [4.78, 5) is 12.0. The van der Waals surface area contributed by atoms with Gasteiger partial charge < -0.3 is 9.16 Å². The van der Waals surface area contributed by atoms with Gasteiger partial charge in [-0.1, -0.05) is 30.3 Å². The second-order valence-corrected chi connectivity index (χ2v) is 9.27. The number of ketones is 1. The molecule has 0 amide bonds. The number of benzene rings is 1. The van der Waals surface area contributed by atoms with E-state index in [9.17, 15) is 4.79 Å². The van der Waals surface area contributed by atoms with E-state index in [1.54, 1.807) is 12.1 Å². The van der Waals surface area contributed by atoms with E-state index in [2.05, 4.69) is 0 Å². The Hall–Kier alpha value is -1.55. The Kier molecular flexibility index (Phi) is 5.16. The fraction of sp³-hybridized carbons (Fsp3) is 0.357. The highest BCUT2D eigenvalue weighted by molar-refractivity contribution is 6.70. The summed E-state index contributed by atoms with van der Waals surface area (Å²) < 4.78 is 11.1. The predicted octanol–water partition coefficient (Wildman–Crippen LogP) is 3.60. The molecule has 0 heterocycles. The van der Waals surface area contributed by atoms with Crippen LogP contribution in [0.4, 0.5) is 0 Å². The number of allylic oxidation sites excluding steroid dienone is 1. The molecule has 0 aliphatic heterocycles. The molecule has 0 radical (unpaired) electrons. The van der Waals surface area contributed by atoms with Crippen LogP contribution < -0.4 is 0 Å². The van der Waals surface area contributed by atoms with Gasteiger partial charge >= 0.3 is 0 Å². The van der Waals surface area contributed by atoms with Gasteiger partial charge in [0.15, 0.2) is 5.78 Å². The predicted molar refractivity (Wildman–Crippen MR) is 74.9 cm³/mol. The second-order valence-electron chi connectivity index (χ2n) is 4.84. The van der Waals surface area contributed by atoms with Gasteiger partial charge in [-0.05, 0) is 26.6 Å². The Balaban J connectivity index is 2.85. The van der Waals surface area contributed by atoms with Crippen molar-refractivity contribution >= 4 is 14.1 Å². The quantitative estimate of drug-likeness (QED) is 0.341. The summed E-state index contributed by atoms with van der Waals surface area (Å²) in [7, 11) is -1.77. The van der Waals surface area contributed by atoms with Crippen molar-refractivity contribution in [3.63, 3.8) is 0 Å². The molecule has 3 nitrogen and oxygen atoms in total. The molecule has 4 heteroatoms. The van der Waals surface area contributed by atoms with E-state index in [1.165, 1.54) is 6.08 Å². The van der Waals surface area contributed by atoms with Crippen molar-refractivity contribution in [2.24, 2.45) is 0 Å². The van der Waals surface area contributed by atoms with Gasteiger partial charge in [0.25, 0.3) is 5.95 Å². The zero-order valence-electron chi connectivity index (χ0n) is 11.4. The van der Waals surface area contributed by atoms with E-state index < -0.39 is 8.32 Å². The minimum Gasteiger partial charge on any atom is -0.520 e. The molecule has 1 aromatic rings. The van der Waals surface area contributed by atoms with Gasteiger partial charge in [0, 0.05) is 5.56 Å². The summed E-state index contributed by atoms with van der Waals surface area (Å²) >= 11 is 0. The van der Waals surface area contributed by atoms with Crippen LogP contribution in [0.1, 0.15) is 17.3 Å². The first-order valence-electron chi connectivity index (χ1n) is 6.05. The topological polar surface area (TPSA) is 35.5 Å². The fourth-order valence-corrected chi connectivity index (χ4v) is 2.06. The Morgan fingerprint density at radius 3 is 2.33 bits per heavy atom. The van der Waals surface area contributed by atoms with Crippen LogP contribution in [0.3, 0.4) is 0 Å². The summed E-state index contributed by atoms with van der Waals surface area (Å²) in [6.45, 7) is 8.50. The second kappa shape index (κ2) is 6.40. The molecule has 0 spiro atoms. The summed E-state index contributed by atoms with van der Waals surface area (Å²) in [6.07, 6.45) is 1.43. The lowest BCUT2D eigenvalue weighted by atomic mass is 10.1. The molecule has 1 rings (SSSR count). The normalized spacial score (nSPS) is 12.1. The van der Waals surface area contributed by atoms with Crippen LogP contribution in [-0.4, -0.2) is 20.7 Å². The molecule has 0 N–H and O–H groups in total. The maximum absolute atomic E-state index is 12.0. The number of hydrogen-bond donors (Lipinski definition) is 0. The SMILES string of the molecule is CCO/C(=C/C(=O)c1ccccc1)O[Si](C)(C)C. The molecular weight excluding hydrogens is 244 g/mol. The largest absolute Gasteiger partial charge is 0.520 e. The van der Waals surface area contributed by atoms with Crippen LogP contribution in [0, 0.1) is 0 Å². The fourth-order valence-electron chi connectivity index (χ4n) is 1.34. The molecule has 0 saturated heterocycles. The van der Waals surface area contributed by atoms with Crippen LogP contribution in [0.25, 0.3) is 0 Å². The molecule has 0 bridgehead atoms. The molecule has 0 fully saturated rings. The van der Waals surface area contributed by atoms with Gasteiger partial charge in [0.2, 0.25) is 8.32 Å². The average Bonchev–Trinajstić information content (AvgIpc) is 2.28. The number of rotatable bonds is 6. The lowest BCUT2D eigenvalue weighted by Crippen LogP contribution is -2.26. The Morgan fingerprint density at radius 1 is 1.22 bits per heavy atom. The standard InChI is InChI=1S/C14H20O3Si/c1-5-16-14(17-18(2,3)4)11-13(15)12-9-7-6-8-10-12/h6-11H,5H2,1-4H3/b14-11-. The Morgan fingerprint density at radius 2 is 1.83 bits per heavy atom. The van der Waals surface area contributed by atoms with Crippen LogP contribution in [0.2, 0.25) is 19.6 Å². The van der Waals surface area contributed by atoms with E-state index >= 15 is 0 Å². The minimum absolute atomic E-state index is 0.0997. The van der Waals surface area contributed by atoms with Crippen molar-refractivity contribution in [2.75, 3.05) is 6.61 Å². The molecule has 0 aliphatic carbocycles. The van der Waals surface area contributed by atoms with Gasteiger partial charge in [-0.25, -0.2) is 0 Å². The lowest BCUT2D eigenvalue weighted by Gasteiger charge is -2.21. The summed E-state index contributed by atoms with van der Waals surface area (Å²) in [5.41, 5.74) is 0.633. The van der Waals surface area contributed by atoms with Gasteiger partial charge in [-0.3, -0.25) is 4.79 Å². The molecular formula is C14H20O3Si.